The molecule has 0 radical (unpaired) electrons. The molecule has 0 bridgehead atoms. The molecule has 4 N–H and O–H groups in total. The first-order valence-electron chi connectivity index (χ1n) is 3.99. The number of hydrogen-bond acceptors (Lipinski definition) is 2. The monoisotopic (exact) mass is 142 g/mol. The van der Waals surface area contributed by atoms with E-state index in [9.17, 15) is 0 Å². The summed E-state index contributed by atoms with van der Waals surface area (Å²) in [6, 6.07) is 0. The highest BCUT2D eigenvalue weighted by Gasteiger charge is 2.33. The van der Waals surface area contributed by atoms with Crippen LogP contribution in [0.2, 0.25) is 0 Å². The molecule has 0 saturated heterocycles. The summed E-state index contributed by atoms with van der Waals surface area (Å²) in [6.45, 7) is 4.47. The first-order valence-corrected chi connectivity index (χ1v) is 3.99. The van der Waals surface area contributed by atoms with Crippen molar-refractivity contribution in [2.45, 2.75) is 45.2 Å². The summed E-state index contributed by atoms with van der Waals surface area (Å²) >= 11 is 0. The molecule has 2 heteroatoms. The van der Waals surface area contributed by atoms with Gasteiger partial charge in [-0.2, -0.15) is 0 Å². The molecule has 0 aromatic carbocycles. The molecule has 60 valence electrons. The van der Waals surface area contributed by atoms with Crippen LogP contribution in [-0.4, -0.2) is 5.66 Å². The summed E-state index contributed by atoms with van der Waals surface area (Å²) in [5.41, 5.74) is 11.6. The van der Waals surface area contributed by atoms with Crippen molar-refractivity contribution in [1.82, 2.24) is 0 Å². The van der Waals surface area contributed by atoms with Crippen molar-refractivity contribution in [3.8, 4) is 0 Å². The van der Waals surface area contributed by atoms with Gasteiger partial charge in [0.15, 0.2) is 0 Å². The molecular weight excluding hydrogens is 124 g/mol. The molecule has 0 spiro atoms. The van der Waals surface area contributed by atoms with Crippen LogP contribution in [0.1, 0.15) is 39.5 Å². The van der Waals surface area contributed by atoms with Gasteiger partial charge in [0, 0.05) is 0 Å². The smallest absolute Gasteiger partial charge is 0.0641 e. The molecule has 1 saturated carbocycles. The topological polar surface area (TPSA) is 52.0 Å². The zero-order chi connectivity index (χ0) is 7.83. The van der Waals surface area contributed by atoms with Crippen LogP contribution < -0.4 is 11.5 Å². The van der Waals surface area contributed by atoms with Crippen molar-refractivity contribution >= 4 is 0 Å². The Hall–Kier alpha value is -0.0800. The molecule has 0 aliphatic heterocycles. The van der Waals surface area contributed by atoms with Crippen LogP contribution in [0.5, 0.6) is 0 Å². The summed E-state index contributed by atoms with van der Waals surface area (Å²) in [5.74, 6) is 0. The fourth-order valence-electron chi connectivity index (χ4n) is 1.96. The maximum absolute atomic E-state index is 5.83. The lowest BCUT2D eigenvalue weighted by Gasteiger charge is -2.39. The second-order valence-corrected chi connectivity index (χ2v) is 4.43. The number of nitrogens with two attached hydrogens (primary N) is 2. The van der Waals surface area contributed by atoms with E-state index in [1.807, 2.05) is 0 Å². The van der Waals surface area contributed by atoms with E-state index < -0.39 is 0 Å². The summed E-state index contributed by atoms with van der Waals surface area (Å²) in [7, 11) is 0. The maximum Gasteiger partial charge on any atom is 0.0641 e. The van der Waals surface area contributed by atoms with Crippen LogP contribution in [0.25, 0.3) is 0 Å². The minimum absolute atomic E-state index is 0.363. The van der Waals surface area contributed by atoms with Gasteiger partial charge >= 0.3 is 0 Å². The Morgan fingerprint density at radius 1 is 1.10 bits per heavy atom. The lowest BCUT2D eigenvalue weighted by molar-refractivity contribution is 0.156. The lowest BCUT2D eigenvalue weighted by Crippen LogP contribution is -2.54. The van der Waals surface area contributed by atoms with Gasteiger partial charge in [-0.25, -0.2) is 0 Å². The molecule has 0 aromatic heterocycles. The van der Waals surface area contributed by atoms with E-state index in [4.69, 9.17) is 11.5 Å². The zero-order valence-electron chi connectivity index (χ0n) is 6.98. The van der Waals surface area contributed by atoms with Crippen LogP contribution in [0.15, 0.2) is 0 Å². The van der Waals surface area contributed by atoms with Gasteiger partial charge in [0.05, 0.1) is 5.66 Å². The maximum atomic E-state index is 5.83. The van der Waals surface area contributed by atoms with Crippen LogP contribution in [-0.2, 0) is 0 Å². The standard InChI is InChI=1S/C8H18N2/c1-7(2)4-3-5-8(9,10)6-7/h3-6,9-10H2,1-2H3. The highest BCUT2D eigenvalue weighted by molar-refractivity contribution is 4.89. The van der Waals surface area contributed by atoms with Crippen LogP contribution in [0.3, 0.4) is 0 Å². The predicted molar refractivity (Wildman–Crippen MR) is 43.4 cm³/mol. The largest absolute Gasteiger partial charge is 0.313 e. The second-order valence-electron chi connectivity index (χ2n) is 4.43. The average Bonchev–Trinajstić information content (AvgIpc) is 1.56. The van der Waals surface area contributed by atoms with Gasteiger partial charge in [-0.1, -0.05) is 13.8 Å². The SMILES string of the molecule is CC1(C)CCCC(N)(N)C1. The third-order valence-electron chi connectivity index (χ3n) is 2.30. The summed E-state index contributed by atoms with van der Waals surface area (Å²) < 4.78 is 0. The van der Waals surface area contributed by atoms with Gasteiger partial charge in [-0.05, 0) is 31.1 Å². The molecular formula is C8H18N2. The van der Waals surface area contributed by atoms with Gasteiger partial charge in [0.2, 0.25) is 0 Å². The highest BCUT2D eigenvalue weighted by atomic mass is 15.0. The van der Waals surface area contributed by atoms with E-state index in [0.29, 0.717) is 5.41 Å². The minimum atomic E-state index is -0.387. The Morgan fingerprint density at radius 3 is 2.00 bits per heavy atom. The Balaban J connectivity index is 2.56. The van der Waals surface area contributed by atoms with Crippen LogP contribution >= 0.6 is 0 Å². The fourth-order valence-corrected chi connectivity index (χ4v) is 1.96. The minimum Gasteiger partial charge on any atom is -0.313 e. The van der Waals surface area contributed by atoms with Crippen molar-refractivity contribution in [1.29, 1.82) is 0 Å². The lowest BCUT2D eigenvalue weighted by atomic mass is 9.72. The van der Waals surface area contributed by atoms with Crippen molar-refractivity contribution < 1.29 is 0 Å². The van der Waals surface area contributed by atoms with Crippen LogP contribution in [0.4, 0.5) is 0 Å². The highest BCUT2D eigenvalue weighted by Crippen LogP contribution is 2.37. The third kappa shape index (κ3) is 1.96. The van der Waals surface area contributed by atoms with Crippen molar-refractivity contribution in [3.05, 3.63) is 0 Å². The normalized spacial score (nSPS) is 30.0. The average molecular weight is 142 g/mol. The molecule has 0 aromatic rings. The van der Waals surface area contributed by atoms with E-state index in [1.165, 1.54) is 12.8 Å². The molecule has 1 fully saturated rings. The second kappa shape index (κ2) is 2.21. The number of rotatable bonds is 0. The van der Waals surface area contributed by atoms with E-state index >= 15 is 0 Å². The van der Waals surface area contributed by atoms with Crippen molar-refractivity contribution in [3.63, 3.8) is 0 Å². The quantitative estimate of drug-likeness (QED) is 0.499. The fraction of sp³-hybridized carbons (Fsp3) is 1.00. The van der Waals surface area contributed by atoms with E-state index in [1.54, 1.807) is 0 Å². The predicted octanol–water partition coefficient (Wildman–Crippen LogP) is 1.20. The van der Waals surface area contributed by atoms with Gasteiger partial charge < -0.3 is 11.5 Å². The first kappa shape index (κ1) is 8.02. The van der Waals surface area contributed by atoms with Gasteiger partial charge in [-0.3, -0.25) is 0 Å². The molecule has 1 aliphatic rings. The first-order chi connectivity index (χ1) is 4.41. The number of hydrogen-bond donors (Lipinski definition) is 2. The van der Waals surface area contributed by atoms with E-state index in [0.717, 1.165) is 12.8 Å². The molecule has 0 atom stereocenters. The zero-order valence-corrected chi connectivity index (χ0v) is 6.98. The summed E-state index contributed by atoms with van der Waals surface area (Å²) in [4.78, 5) is 0. The van der Waals surface area contributed by atoms with Crippen molar-refractivity contribution in [2.75, 3.05) is 0 Å². The van der Waals surface area contributed by atoms with Crippen molar-refractivity contribution in [2.24, 2.45) is 16.9 Å². The Labute approximate surface area is 63.0 Å². The molecule has 10 heavy (non-hydrogen) atoms. The van der Waals surface area contributed by atoms with Gasteiger partial charge in [0.25, 0.3) is 0 Å². The third-order valence-corrected chi connectivity index (χ3v) is 2.30. The van der Waals surface area contributed by atoms with Crippen LogP contribution in [0, 0.1) is 5.41 Å². The van der Waals surface area contributed by atoms with E-state index in [2.05, 4.69) is 13.8 Å². The Morgan fingerprint density at radius 2 is 1.70 bits per heavy atom. The Bertz CT molecular complexity index is 113. The molecule has 0 unspecified atom stereocenters. The Kier molecular flexibility index (Phi) is 1.77. The van der Waals surface area contributed by atoms with Gasteiger partial charge in [0.1, 0.15) is 0 Å². The summed E-state index contributed by atoms with van der Waals surface area (Å²) in [6.07, 6.45) is 4.39. The van der Waals surface area contributed by atoms with Gasteiger partial charge in [-0.15, -0.1) is 0 Å². The van der Waals surface area contributed by atoms with E-state index in [-0.39, 0.29) is 5.66 Å². The molecule has 1 aliphatic carbocycles. The summed E-state index contributed by atoms with van der Waals surface area (Å²) in [5, 5.41) is 0. The molecule has 0 heterocycles. The molecule has 0 amide bonds. The molecule has 1 rings (SSSR count). The molecule has 2 nitrogen and oxygen atoms in total.